The summed E-state index contributed by atoms with van der Waals surface area (Å²) < 4.78 is 26.8. The van der Waals surface area contributed by atoms with Crippen LogP contribution in [0.25, 0.3) is 0 Å². The predicted octanol–water partition coefficient (Wildman–Crippen LogP) is 3.18. The third kappa shape index (κ3) is 1.67. The Labute approximate surface area is 121 Å². The van der Waals surface area contributed by atoms with Crippen molar-refractivity contribution in [2.45, 2.75) is 32.6 Å². The summed E-state index contributed by atoms with van der Waals surface area (Å²) >= 11 is 0. The highest BCUT2D eigenvalue weighted by Crippen LogP contribution is 2.71. The molecule has 1 aliphatic heterocycles. The molecule has 2 atom stereocenters. The number of hydrogen-bond donors (Lipinski definition) is 0. The molecule has 0 aromatic heterocycles. The van der Waals surface area contributed by atoms with E-state index in [0.717, 1.165) is 5.56 Å². The SMILES string of the molecule is Cc1ccc(S(=O)(=O)N2C=C[C@]3(C)[C@H](C2)C3(C)C)cc1. The molecule has 1 aromatic carbocycles. The van der Waals surface area contributed by atoms with Gasteiger partial charge in [-0.1, -0.05) is 44.5 Å². The summed E-state index contributed by atoms with van der Waals surface area (Å²) in [5, 5.41) is 0. The molecule has 108 valence electrons. The highest BCUT2D eigenvalue weighted by molar-refractivity contribution is 7.89. The third-order valence-corrected chi connectivity index (χ3v) is 7.23. The molecule has 3 nitrogen and oxygen atoms in total. The fraction of sp³-hybridized carbons (Fsp3) is 0.500. The van der Waals surface area contributed by atoms with Crippen molar-refractivity contribution in [3.8, 4) is 0 Å². The molecule has 0 N–H and O–H groups in total. The van der Waals surface area contributed by atoms with E-state index in [2.05, 4.69) is 26.8 Å². The van der Waals surface area contributed by atoms with Crippen LogP contribution in [0.3, 0.4) is 0 Å². The van der Waals surface area contributed by atoms with Crippen LogP contribution in [0.1, 0.15) is 26.3 Å². The average Bonchev–Trinajstić information content (AvgIpc) is 2.83. The Hall–Kier alpha value is -1.29. The van der Waals surface area contributed by atoms with Gasteiger partial charge in [0.2, 0.25) is 0 Å². The van der Waals surface area contributed by atoms with Gasteiger partial charge < -0.3 is 0 Å². The molecule has 3 rings (SSSR count). The van der Waals surface area contributed by atoms with Gasteiger partial charge >= 0.3 is 0 Å². The van der Waals surface area contributed by atoms with Crippen LogP contribution in [0.2, 0.25) is 0 Å². The van der Waals surface area contributed by atoms with Gasteiger partial charge in [0.1, 0.15) is 0 Å². The fourth-order valence-corrected chi connectivity index (χ4v) is 4.71. The van der Waals surface area contributed by atoms with Crippen LogP contribution < -0.4 is 0 Å². The van der Waals surface area contributed by atoms with Gasteiger partial charge in [0, 0.05) is 12.7 Å². The monoisotopic (exact) mass is 291 g/mol. The zero-order valence-corrected chi connectivity index (χ0v) is 13.2. The molecule has 0 spiro atoms. The minimum atomic E-state index is -3.42. The number of nitrogens with zero attached hydrogens (tertiary/aromatic N) is 1. The van der Waals surface area contributed by atoms with Crippen LogP contribution in [0.5, 0.6) is 0 Å². The second kappa shape index (κ2) is 3.88. The Morgan fingerprint density at radius 3 is 2.30 bits per heavy atom. The van der Waals surface area contributed by atoms with E-state index in [4.69, 9.17) is 0 Å². The highest BCUT2D eigenvalue weighted by Gasteiger charge is 2.68. The molecule has 1 heterocycles. The van der Waals surface area contributed by atoms with E-state index in [1.165, 1.54) is 4.31 Å². The number of hydrogen-bond acceptors (Lipinski definition) is 2. The Kier molecular flexibility index (Phi) is 2.65. The van der Waals surface area contributed by atoms with E-state index in [0.29, 0.717) is 17.4 Å². The Morgan fingerprint density at radius 1 is 1.15 bits per heavy atom. The third-order valence-electron chi connectivity index (χ3n) is 5.48. The zero-order chi connectivity index (χ0) is 14.8. The van der Waals surface area contributed by atoms with Gasteiger partial charge in [-0.3, -0.25) is 4.31 Å². The van der Waals surface area contributed by atoms with Gasteiger partial charge in [-0.05, 0) is 35.8 Å². The maximum Gasteiger partial charge on any atom is 0.263 e. The van der Waals surface area contributed by atoms with Gasteiger partial charge in [0.05, 0.1) is 4.90 Å². The molecule has 4 heteroatoms. The normalized spacial score (nSPS) is 31.0. The van der Waals surface area contributed by atoms with Gasteiger partial charge in [0.15, 0.2) is 0 Å². The van der Waals surface area contributed by atoms with Crippen LogP contribution >= 0.6 is 0 Å². The molecule has 1 saturated carbocycles. The summed E-state index contributed by atoms with van der Waals surface area (Å²) in [5.74, 6) is 0.403. The van der Waals surface area contributed by atoms with Crippen LogP contribution in [-0.4, -0.2) is 19.3 Å². The lowest BCUT2D eigenvalue weighted by Gasteiger charge is -2.25. The zero-order valence-electron chi connectivity index (χ0n) is 12.4. The summed E-state index contributed by atoms with van der Waals surface area (Å²) in [6.45, 7) is 9.17. The van der Waals surface area contributed by atoms with Crippen LogP contribution in [0, 0.1) is 23.7 Å². The maximum absolute atomic E-state index is 12.7. The summed E-state index contributed by atoms with van der Waals surface area (Å²) in [7, 11) is -3.42. The standard InChI is InChI=1S/C16H21NO2S/c1-12-5-7-13(8-6-12)20(18,19)17-10-9-16(4)14(11-17)15(16,2)3/h5-10,14H,11H2,1-4H3/t14-,16-/m1/s1. The second-order valence-electron chi connectivity index (χ2n) is 6.76. The van der Waals surface area contributed by atoms with Gasteiger partial charge in [-0.15, -0.1) is 0 Å². The Balaban J connectivity index is 1.92. The van der Waals surface area contributed by atoms with Crippen LogP contribution in [0.15, 0.2) is 41.4 Å². The molecule has 2 aliphatic rings. The minimum absolute atomic E-state index is 0.145. The van der Waals surface area contributed by atoms with Crippen molar-refractivity contribution in [3.05, 3.63) is 42.1 Å². The molecular formula is C16H21NO2S. The maximum atomic E-state index is 12.7. The summed E-state index contributed by atoms with van der Waals surface area (Å²) in [6, 6.07) is 7.05. The van der Waals surface area contributed by atoms with Crippen molar-refractivity contribution in [3.63, 3.8) is 0 Å². The summed E-state index contributed by atoms with van der Waals surface area (Å²) in [5.41, 5.74) is 1.39. The van der Waals surface area contributed by atoms with Crippen molar-refractivity contribution in [2.75, 3.05) is 6.54 Å². The number of fused-ring (bicyclic) bond motifs is 1. The first-order chi connectivity index (χ1) is 9.19. The van der Waals surface area contributed by atoms with E-state index in [9.17, 15) is 8.42 Å². The van der Waals surface area contributed by atoms with E-state index in [-0.39, 0.29) is 10.8 Å². The first-order valence-corrected chi connectivity index (χ1v) is 8.41. The molecule has 0 unspecified atom stereocenters. The highest BCUT2D eigenvalue weighted by atomic mass is 32.2. The molecule has 1 aromatic rings. The van der Waals surface area contributed by atoms with Gasteiger partial charge in [-0.25, -0.2) is 8.42 Å². The molecule has 1 fully saturated rings. The Bertz CT molecular complexity index is 673. The van der Waals surface area contributed by atoms with Crippen molar-refractivity contribution in [2.24, 2.45) is 16.7 Å². The van der Waals surface area contributed by atoms with Gasteiger partial charge in [0.25, 0.3) is 10.0 Å². The summed E-state index contributed by atoms with van der Waals surface area (Å²) in [6.07, 6.45) is 3.81. The van der Waals surface area contributed by atoms with Crippen LogP contribution in [-0.2, 0) is 10.0 Å². The number of sulfonamides is 1. The molecule has 0 radical (unpaired) electrons. The second-order valence-corrected chi connectivity index (χ2v) is 8.65. The number of allylic oxidation sites excluding steroid dienone is 1. The molecule has 0 amide bonds. The van der Waals surface area contributed by atoms with E-state index < -0.39 is 10.0 Å². The predicted molar refractivity (Wildman–Crippen MR) is 79.6 cm³/mol. The number of aryl methyl sites for hydroxylation is 1. The quantitative estimate of drug-likeness (QED) is 0.839. The van der Waals surface area contributed by atoms with Crippen molar-refractivity contribution < 1.29 is 8.42 Å². The molecular weight excluding hydrogens is 270 g/mol. The molecule has 0 bridgehead atoms. The number of rotatable bonds is 2. The largest absolute Gasteiger partial charge is 0.273 e. The lowest BCUT2D eigenvalue weighted by Crippen LogP contribution is -2.31. The molecule has 0 saturated heterocycles. The van der Waals surface area contributed by atoms with E-state index >= 15 is 0 Å². The lowest BCUT2D eigenvalue weighted by molar-refractivity contribution is 0.430. The smallest absolute Gasteiger partial charge is 0.263 e. The topological polar surface area (TPSA) is 37.4 Å². The summed E-state index contributed by atoms with van der Waals surface area (Å²) in [4.78, 5) is 0.370. The van der Waals surface area contributed by atoms with Crippen LogP contribution in [0.4, 0.5) is 0 Å². The Morgan fingerprint density at radius 2 is 1.75 bits per heavy atom. The van der Waals surface area contributed by atoms with Crippen molar-refractivity contribution in [1.82, 2.24) is 4.31 Å². The van der Waals surface area contributed by atoms with Crippen molar-refractivity contribution >= 4 is 10.0 Å². The first kappa shape index (κ1) is 13.7. The molecule has 20 heavy (non-hydrogen) atoms. The minimum Gasteiger partial charge on any atom is -0.273 e. The van der Waals surface area contributed by atoms with Gasteiger partial charge in [-0.2, -0.15) is 0 Å². The number of benzene rings is 1. The first-order valence-electron chi connectivity index (χ1n) is 6.97. The molecule has 1 aliphatic carbocycles. The average molecular weight is 291 g/mol. The van der Waals surface area contributed by atoms with E-state index in [1.54, 1.807) is 18.3 Å². The lowest BCUT2D eigenvalue weighted by atomic mass is 9.98. The fourth-order valence-electron chi connectivity index (χ4n) is 3.39. The van der Waals surface area contributed by atoms with E-state index in [1.807, 2.05) is 19.1 Å². The van der Waals surface area contributed by atoms with Crippen molar-refractivity contribution in [1.29, 1.82) is 0 Å².